The van der Waals surface area contributed by atoms with Gasteiger partial charge in [-0.3, -0.25) is 9.80 Å². The van der Waals surface area contributed by atoms with Gasteiger partial charge in [-0.15, -0.1) is 0 Å². The number of hydrogen-bond acceptors (Lipinski definition) is 3. The zero-order chi connectivity index (χ0) is 12.5. The van der Waals surface area contributed by atoms with Gasteiger partial charge in [0.05, 0.1) is 0 Å². The topological polar surface area (TPSA) is 32.5 Å². The Hall–Kier alpha value is -0.580. The van der Waals surface area contributed by atoms with Crippen LogP contribution >= 0.6 is 15.9 Å². The van der Waals surface area contributed by atoms with Crippen LogP contribution < -0.4 is 5.73 Å². The Morgan fingerprint density at radius 1 is 1.17 bits per heavy atom. The van der Waals surface area contributed by atoms with Gasteiger partial charge < -0.3 is 5.73 Å². The molecule has 0 spiro atoms. The van der Waals surface area contributed by atoms with E-state index in [2.05, 4.69) is 31.8 Å². The molecule has 1 heterocycles. The molecule has 3 rings (SSSR count). The van der Waals surface area contributed by atoms with Crippen LogP contribution in [0.5, 0.6) is 0 Å². The lowest BCUT2D eigenvalue weighted by Gasteiger charge is -2.35. The minimum atomic E-state index is 0.837. The van der Waals surface area contributed by atoms with Crippen molar-refractivity contribution < 1.29 is 0 Å². The molecule has 2 N–H and O–H groups in total. The molecule has 3 nitrogen and oxygen atoms in total. The van der Waals surface area contributed by atoms with E-state index in [-0.39, 0.29) is 0 Å². The van der Waals surface area contributed by atoms with E-state index in [9.17, 15) is 0 Å². The van der Waals surface area contributed by atoms with E-state index in [1.165, 1.54) is 44.6 Å². The summed E-state index contributed by atoms with van der Waals surface area (Å²) in [4.78, 5) is 5.17. The molecule has 98 valence electrons. The Morgan fingerprint density at radius 2 is 1.89 bits per heavy atom. The standard InChI is InChI=1S/C14H20BrN3/c15-14-11(2-1-3-13(14)16)10-17-6-8-18(9-7-17)12-4-5-12/h1-3,12H,4-10,16H2. The van der Waals surface area contributed by atoms with E-state index in [0.29, 0.717) is 0 Å². The van der Waals surface area contributed by atoms with Crippen LogP contribution in [-0.2, 0) is 6.54 Å². The average Bonchev–Trinajstić information content (AvgIpc) is 3.20. The second kappa shape index (κ2) is 5.19. The van der Waals surface area contributed by atoms with E-state index in [4.69, 9.17) is 5.73 Å². The van der Waals surface area contributed by atoms with Gasteiger partial charge in [-0.05, 0) is 40.4 Å². The predicted octanol–water partition coefficient (Wildman–Crippen LogP) is 2.31. The molecule has 1 saturated carbocycles. The molecular formula is C14H20BrN3. The molecule has 1 aromatic carbocycles. The van der Waals surface area contributed by atoms with Crippen molar-refractivity contribution in [2.45, 2.75) is 25.4 Å². The fourth-order valence-electron chi connectivity index (χ4n) is 2.69. The third kappa shape index (κ3) is 2.71. The third-order valence-corrected chi connectivity index (χ3v) is 4.94. The summed E-state index contributed by atoms with van der Waals surface area (Å²) >= 11 is 3.59. The van der Waals surface area contributed by atoms with Gasteiger partial charge in [0.15, 0.2) is 0 Å². The molecule has 0 aromatic heterocycles. The van der Waals surface area contributed by atoms with Gasteiger partial charge in [0.1, 0.15) is 0 Å². The van der Waals surface area contributed by atoms with Crippen molar-refractivity contribution in [2.24, 2.45) is 0 Å². The number of nitrogens with two attached hydrogens (primary N) is 1. The fourth-order valence-corrected chi connectivity index (χ4v) is 3.08. The molecule has 0 bridgehead atoms. The van der Waals surface area contributed by atoms with Crippen molar-refractivity contribution in [3.8, 4) is 0 Å². The molecule has 1 aliphatic carbocycles. The Kier molecular flexibility index (Phi) is 3.59. The zero-order valence-corrected chi connectivity index (χ0v) is 12.2. The van der Waals surface area contributed by atoms with E-state index < -0.39 is 0 Å². The van der Waals surface area contributed by atoms with Gasteiger partial charge in [-0.2, -0.15) is 0 Å². The van der Waals surface area contributed by atoms with E-state index in [0.717, 1.165) is 22.7 Å². The number of hydrogen-bond donors (Lipinski definition) is 1. The Labute approximate surface area is 117 Å². The maximum Gasteiger partial charge on any atom is 0.0461 e. The van der Waals surface area contributed by atoms with Crippen molar-refractivity contribution in [3.05, 3.63) is 28.2 Å². The summed E-state index contributed by atoms with van der Waals surface area (Å²) in [5, 5.41) is 0. The average molecular weight is 310 g/mol. The molecule has 0 unspecified atom stereocenters. The first-order chi connectivity index (χ1) is 8.74. The van der Waals surface area contributed by atoms with Crippen LogP contribution in [0.1, 0.15) is 18.4 Å². The zero-order valence-electron chi connectivity index (χ0n) is 10.6. The first kappa shape index (κ1) is 12.5. The van der Waals surface area contributed by atoms with Crippen LogP contribution in [0.3, 0.4) is 0 Å². The van der Waals surface area contributed by atoms with Crippen LogP contribution in [0.2, 0.25) is 0 Å². The van der Waals surface area contributed by atoms with Crippen molar-refractivity contribution in [1.29, 1.82) is 0 Å². The molecule has 0 amide bonds. The summed E-state index contributed by atoms with van der Waals surface area (Å²) in [5.41, 5.74) is 8.06. The molecule has 0 atom stereocenters. The number of nitrogens with zero attached hydrogens (tertiary/aromatic N) is 2. The van der Waals surface area contributed by atoms with Gasteiger partial charge in [0.2, 0.25) is 0 Å². The molecular weight excluding hydrogens is 290 g/mol. The molecule has 1 aliphatic heterocycles. The maximum atomic E-state index is 5.92. The van der Waals surface area contributed by atoms with Crippen molar-refractivity contribution in [1.82, 2.24) is 9.80 Å². The second-order valence-electron chi connectivity index (χ2n) is 5.36. The summed E-state index contributed by atoms with van der Waals surface area (Å²) in [7, 11) is 0. The number of halogens is 1. The molecule has 0 radical (unpaired) electrons. The minimum absolute atomic E-state index is 0.837. The number of piperazine rings is 1. The quantitative estimate of drug-likeness (QED) is 0.870. The molecule has 2 aliphatic rings. The minimum Gasteiger partial charge on any atom is -0.398 e. The van der Waals surface area contributed by atoms with E-state index >= 15 is 0 Å². The molecule has 18 heavy (non-hydrogen) atoms. The number of benzene rings is 1. The van der Waals surface area contributed by atoms with Gasteiger partial charge >= 0.3 is 0 Å². The molecule has 4 heteroatoms. The van der Waals surface area contributed by atoms with Gasteiger partial charge in [-0.25, -0.2) is 0 Å². The first-order valence-electron chi connectivity index (χ1n) is 6.73. The molecule has 1 aromatic rings. The first-order valence-corrected chi connectivity index (χ1v) is 7.52. The van der Waals surface area contributed by atoms with Crippen LogP contribution in [0.25, 0.3) is 0 Å². The fraction of sp³-hybridized carbons (Fsp3) is 0.571. The third-order valence-electron chi connectivity index (χ3n) is 3.97. The van der Waals surface area contributed by atoms with Gasteiger partial charge in [0, 0.05) is 48.9 Å². The normalized spacial score (nSPS) is 22.3. The van der Waals surface area contributed by atoms with Crippen molar-refractivity contribution >= 4 is 21.6 Å². The number of anilines is 1. The summed E-state index contributed by atoms with van der Waals surface area (Å²) in [6, 6.07) is 7.05. The highest BCUT2D eigenvalue weighted by Crippen LogP contribution is 2.29. The lowest BCUT2D eigenvalue weighted by molar-refractivity contribution is 0.121. The van der Waals surface area contributed by atoms with Gasteiger partial charge in [0.25, 0.3) is 0 Å². The largest absolute Gasteiger partial charge is 0.398 e. The van der Waals surface area contributed by atoms with E-state index in [1.54, 1.807) is 0 Å². The Morgan fingerprint density at radius 3 is 2.56 bits per heavy atom. The van der Waals surface area contributed by atoms with Crippen molar-refractivity contribution in [3.63, 3.8) is 0 Å². The molecule has 1 saturated heterocycles. The number of nitrogen functional groups attached to an aromatic ring is 1. The molecule has 2 fully saturated rings. The highest BCUT2D eigenvalue weighted by molar-refractivity contribution is 9.10. The van der Waals surface area contributed by atoms with Crippen LogP contribution in [0, 0.1) is 0 Å². The van der Waals surface area contributed by atoms with Crippen LogP contribution in [0.4, 0.5) is 5.69 Å². The summed E-state index contributed by atoms with van der Waals surface area (Å²) in [6.07, 6.45) is 2.83. The van der Waals surface area contributed by atoms with Gasteiger partial charge in [-0.1, -0.05) is 12.1 Å². The maximum absolute atomic E-state index is 5.92. The van der Waals surface area contributed by atoms with Crippen LogP contribution in [-0.4, -0.2) is 42.0 Å². The lowest BCUT2D eigenvalue weighted by atomic mass is 10.1. The van der Waals surface area contributed by atoms with E-state index in [1.807, 2.05) is 12.1 Å². The smallest absolute Gasteiger partial charge is 0.0461 e. The summed E-state index contributed by atoms with van der Waals surface area (Å²) < 4.78 is 1.06. The monoisotopic (exact) mass is 309 g/mol. The predicted molar refractivity (Wildman–Crippen MR) is 78.4 cm³/mol. The van der Waals surface area contributed by atoms with Crippen LogP contribution in [0.15, 0.2) is 22.7 Å². The Bertz CT molecular complexity index is 423. The van der Waals surface area contributed by atoms with Crippen molar-refractivity contribution in [2.75, 3.05) is 31.9 Å². The highest BCUT2D eigenvalue weighted by Gasteiger charge is 2.31. The summed E-state index contributed by atoms with van der Waals surface area (Å²) in [6.45, 7) is 5.81. The lowest BCUT2D eigenvalue weighted by Crippen LogP contribution is -2.46. The second-order valence-corrected chi connectivity index (χ2v) is 6.16. The SMILES string of the molecule is Nc1cccc(CN2CCN(C3CC3)CC2)c1Br. The number of rotatable bonds is 3. The highest BCUT2D eigenvalue weighted by atomic mass is 79.9. The Balaban J connectivity index is 1.58. The summed E-state index contributed by atoms with van der Waals surface area (Å²) in [5.74, 6) is 0.